The lowest BCUT2D eigenvalue weighted by atomic mass is 9.79. The number of para-hydroxylation sites is 1. The number of hydrogen-bond acceptors (Lipinski definition) is 0. The second-order valence-corrected chi connectivity index (χ2v) is 6.03. The van der Waals surface area contributed by atoms with Crippen molar-refractivity contribution in [3.05, 3.63) is 78.0 Å². The first kappa shape index (κ1) is 12.6. The van der Waals surface area contributed by atoms with Crippen molar-refractivity contribution in [1.29, 1.82) is 0 Å². The maximum Gasteiger partial charge on any atom is 0.213 e. The van der Waals surface area contributed by atoms with Crippen molar-refractivity contribution in [2.45, 2.75) is 31.7 Å². The fourth-order valence-electron chi connectivity index (χ4n) is 3.30. The van der Waals surface area contributed by atoms with Crippen LogP contribution >= 0.6 is 0 Å². The van der Waals surface area contributed by atoms with E-state index in [1.54, 1.807) is 5.56 Å². The van der Waals surface area contributed by atoms with Gasteiger partial charge in [-0.25, -0.2) is 0 Å². The Morgan fingerprint density at radius 1 is 0.857 bits per heavy atom. The Morgan fingerprint density at radius 2 is 1.62 bits per heavy atom. The predicted octanol–water partition coefficient (Wildman–Crippen LogP) is 4.44. The van der Waals surface area contributed by atoms with Gasteiger partial charge >= 0.3 is 0 Å². The van der Waals surface area contributed by atoms with Crippen LogP contribution in [-0.2, 0) is 6.54 Å². The number of pyridine rings is 1. The zero-order valence-electron chi connectivity index (χ0n) is 12.2. The molecular weight excluding hydrogens is 254 g/mol. The number of hydrogen-bond donors (Lipinski definition) is 0. The number of nitrogens with zero attached hydrogens (tertiary/aromatic N) is 1. The van der Waals surface area contributed by atoms with Crippen LogP contribution in [0.2, 0.25) is 0 Å². The molecule has 3 aromatic rings. The van der Waals surface area contributed by atoms with Gasteiger partial charge in [0.05, 0.1) is 0 Å². The van der Waals surface area contributed by atoms with Gasteiger partial charge in [0.25, 0.3) is 0 Å². The summed E-state index contributed by atoms with van der Waals surface area (Å²) in [4.78, 5) is 0. The number of benzene rings is 2. The van der Waals surface area contributed by atoms with Crippen LogP contribution in [0.5, 0.6) is 0 Å². The van der Waals surface area contributed by atoms with Gasteiger partial charge in [0.1, 0.15) is 0 Å². The van der Waals surface area contributed by atoms with Crippen molar-refractivity contribution < 1.29 is 4.57 Å². The minimum atomic E-state index is 0.779. The smallest absolute Gasteiger partial charge is 0.194 e. The van der Waals surface area contributed by atoms with E-state index < -0.39 is 0 Å². The molecule has 1 aliphatic rings. The molecule has 1 saturated carbocycles. The Hall–Kier alpha value is -2.15. The summed E-state index contributed by atoms with van der Waals surface area (Å²) < 4.78 is 2.37. The molecule has 1 fully saturated rings. The van der Waals surface area contributed by atoms with Gasteiger partial charge in [-0.2, -0.15) is 4.57 Å². The van der Waals surface area contributed by atoms with Crippen molar-refractivity contribution >= 4 is 10.9 Å². The zero-order chi connectivity index (χ0) is 14.1. The van der Waals surface area contributed by atoms with E-state index in [9.17, 15) is 0 Å². The van der Waals surface area contributed by atoms with Crippen LogP contribution in [-0.4, -0.2) is 0 Å². The highest BCUT2D eigenvalue weighted by Gasteiger charge is 2.24. The summed E-state index contributed by atoms with van der Waals surface area (Å²) in [6.07, 6.45) is 6.36. The van der Waals surface area contributed by atoms with E-state index in [-0.39, 0.29) is 0 Å². The molecule has 21 heavy (non-hydrogen) atoms. The Balaban J connectivity index is 1.80. The normalized spacial score (nSPS) is 15.0. The third-order valence-electron chi connectivity index (χ3n) is 4.70. The quantitative estimate of drug-likeness (QED) is 0.622. The summed E-state index contributed by atoms with van der Waals surface area (Å²) in [6, 6.07) is 21.9. The molecule has 1 aromatic heterocycles. The minimum Gasteiger partial charge on any atom is -0.194 e. The molecule has 0 N–H and O–H groups in total. The molecular formula is C20H20N+. The summed E-state index contributed by atoms with van der Waals surface area (Å²) in [5.41, 5.74) is 4.25. The second kappa shape index (κ2) is 5.33. The first-order chi connectivity index (χ1) is 10.4. The highest BCUT2D eigenvalue weighted by molar-refractivity contribution is 5.80. The molecule has 0 amide bonds. The van der Waals surface area contributed by atoms with Crippen LogP contribution in [0, 0.1) is 0 Å². The SMILES string of the molecule is c1ccc(C[n+]2ccc(C3CCC3)c3ccccc32)cc1. The fourth-order valence-corrected chi connectivity index (χ4v) is 3.30. The fraction of sp³-hybridized carbons (Fsp3) is 0.250. The average molecular weight is 274 g/mol. The van der Waals surface area contributed by atoms with Gasteiger partial charge in [-0.15, -0.1) is 0 Å². The lowest BCUT2D eigenvalue weighted by Gasteiger charge is -2.26. The number of rotatable bonds is 3. The molecule has 2 aromatic carbocycles. The molecule has 4 rings (SSSR count). The van der Waals surface area contributed by atoms with Crippen molar-refractivity contribution in [1.82, 2.24) is 0 Å². The molecule has 1 aliphatic carbocycles. The molecule has 0 radical (unpaired) electrons. The van der Waals surface area contributed by atoms with Crippen LogP contribution in [0.15, 0.2) is 66.9 Å². The topological polar surface area (TPSA) is 3.88 Å². The van der Waals surface area contributed by atoms with Gasteiger partial charge in [-0.05, 0) is 30.4 Å². The van der Waals surface area contributed by atoms with E-state index >= 15 is 0 Å². The highest BCUT2D eigenvalue weighted by atomic mass is 14.9. The summed E-state index contributed by atoms with van der Waals surface area (Å²) in [5, 5.41) is 1.43. The molecule has 1 heteroatoms. The average Bonchev–Trinajstić information content (AvgIpc) is 2.49. The molecule has 1 heterocycles. The van der Waals surface area contributed by atoms with Gasteiger partial charge in [0, 0.05) is 23.1 Å². The van der Waals surface area contributed by atoms with E-state index in [1.165, 1.54) is 35.7 Å². The maximum absolute atomic E-state index is 2.37. The first-order valence-electron chi connectivity index (χ1n) is 7.87. The summed E-state index contributed by atoms with van der Waals surface area (Å²) in [5.74, 6) is 0.779. The van der Waals surface area contributed by atoms with Crippen LogP contribution in [0.4, 0.5) is 0 Å². The van der Waals surface area contributed by atoms with Gasteiger partial charge in [0.15, 0.2) is 12.7 Å². The van der Waals surface area contributed by atoms with Crippen LogP contribution in [0.25, 0.3) is 10.9 Å². The predicted molar refractivity (Wildman–Crippen MR) is 86.3 cm³/mol. The Kier molecular flexibility index (Phi) is 3.19. The molecule has 0 spiro atoms. The van der Waals surface area contributed by atoms with Crippen molar-refractivity contribution in [3.63, 3.8) is 0 Å². The highest BCUT2D eigenvalue weighted by Crippen LogP contribution is 2.38. The van der Waals surface area contributed by atoms with Gasteiger partial charge in [-0.3, -0.25) is 0 Å². The summed E-state index contributed by atoms with van der Waals surface area (Å²) >= 11 is 0. The Morgan fingerprint density at radius 3 is 2.38 bits per heavy atom. The minimum absolute atomic E-state index is 0.779. The largest absolute Gasteiger partial charge is 0.213 e. The summed E-state index contributed by atoms with van der Waals surface area (Å²) in [6.45, 7) is 0.937. The molecule has 0 saturated heterocycles. The third kappa shape index (κ3) is 2.33. The Labute approximate surface area is 125 Å². The molecule has 0 bridgehead atoms. The first-order valence-corrected chi connectivity index (χ1v) is 7.87. The zero-order valence-corrected chi connectivity index (χ0v) is 12.2. The lowest BCUT2D eigenvalue weighted by Crippen LogP contribution is -2.35. The Bertz CT molecular complexity index is 757. The summed E-state index contributed by atoms with van der Waals surface area (Å²) in [7, 11) is 0. The van der Waals surface area contributed by atoms with Crippen LogP contribution < -0.4 is 4.57 Å². The van der Waals surface area contributed by atoms with E-state index in [4.69, 9.17) is 0 Å². The molecule has 0 atom stereocenters. The van der Waals surface area contributed by atoms with Gasteiger partial charge in [0.2, 0.25) is 5.52 Å². The van der Waals surface area contributed by atoms with Crippen molar-refractivity contribution in [3.8, 4) is 0 Å². The van der Waals surface area contributed by atoms with Crippen molar-refractivity contribution in [2.24, 2.45) is 0 Å². The van der Waals surface area contributed by atoms with E-state index in [1.807, 2.05) is 0 Å². The molecule has 0 unspecified atom stereocenters. The van der Waals surface area contributed by atoms with Crippen LogP contribution in [0.1, 0.15) is 36.3 Å². The van der Waals surface area contributed by atoms with Gasteiger partial charge in [-0.1, -0.05) is 48.9 Å². The van der Waals surface area contributed by atoms with E-state index in [2.05, 4.69) is 71.4 Å². The monoisotopic (exact) mass is 274 g/mol. The van der Waals surface area contributed by atoms with E-state index in [0.29, 0.717) is 0 Å². The standard InChI is InChI=1S/C20H20N/c1-2-7-16(8-3-1)15-21-14-13-18(17-9-6-10-17)19-11-4-5-12-20(19)21/h1-5,7-8,11-14,17H,6,9-10,15H2/q+1. The second-order valence-electron chi connectivity index (χ2n) is 6.03. The lowest BCUT2D eigenvalue weighted by molar-refractivity contribution is -0.662. The van der Waals surface area contributed by atoms with Crippen molar-refractivity contribution in [2.75, 3.05) is 0 Å². The van der Waals surface area contributed by atoms with Gasteiger partial charge < -0.3 is 0 Å². The maximum atomic E-state index is 2.37. The molecule has 104 valence electrons. The molecule has 1 nitrogen and oxygen atoms in total. The van der Waals surface area contributed by atoms with E-state index in [0.717, 1.165) is 12.5 Å². The number of aromatic nitrogens is 1. The number of fused-ring (bicyclic) bond motifs is 1. The van der Waals surface area contributed by atoms with Crippen LogP contribution in [0.3, 0.4) is 0 Å². The molecule has 0 aliphatic heterocycles. The third-order valence-corrected chi connectivity index (χ3v) is 4.70.